The van der Waals surface area contributed by atoms with Gasteiger partial charge in [0.15, 0.2) is 11.6 Å². The molecule has 3 aliphatic rings. The quantitative estimate of drug-likeness (QED) is 0.375. The number of aryl methyl sites for hydroxylation is 1. The van der Waals surface area contributed by atoms with Gasteiger partial charge in [0.1, 0.15) is 6.61 Å². The van der Waals surface area contributed by atoms with Gasteiger partial charge in [0.05, 0.1) is 25.3 Å². The first-order chi connectivity index (χ1) is 20.2. The van der Waals surface area contributed by atoms with E-state index < -0.39 is 30.0 Å². The van der Waals surface area contributed by atoms with Gasteiger partial charge in [0.2, 0.25) is 11.5 Å². The lowest BCUT2D eigenvalue weighted by molar-refractivity contribution is -0.168. The predicted molar refractivity (Wildman–Crippen MR) is 159 cm³/mol. The Morgan fingerprint density at radius 3 is 2.76 bits per heavy atom. The van der Waals surface area contributed by atoms with E-state index in [4.69, 9.17) is 26.1 Å². The summed E-state index contributed by atoms with van der Waals surface area (Å²) in [6.45, 7) is 1.98. The maximum absolute atomic E-state index is 13.2. The Balaban J connectivity index is 1.59. The molecule has 0 radical (unpaired) electrons. The van der Waals surface area contributed by atoms with Crippen molar-refractivity contribution in [2.45, 2.75) is 63.3 Å². The van der Waals surface area contributed by atoms with Crippen LogP contribution in [-0.2, 0) is 33.0 Å². The molecule has 226 valence electrons. The number of nitrogens with zero attached hydrogens (tertiary/aromatic N) is 3. The van der Waals surface area contributed by atoms with Crippen molar-refractivity contribution in [1.29, 1.82) is 0 Å². The molecule has 2 aliphatic heterocycles. The number of benzene rings is 1. The second-order valence-electron chi connectivity index (χ2n) is 11.7. The summed E-state index contributed by atoms with van der Waals surface area (Å²) >= 11 is 6.31. The van der Waals surface area contributed by atoms with Crippen LogP contribution in [0.3, 0.4) is 0 Å². The molecule has 9 nitrogen and oxygen atoms in total. The number of fused-ring (bicyclic) bond motifs is 3. The molecule has 5 rings (SSSR count). The number of amides is 1. The van der Waals surface area contributed by atoms with Gasteiger partial charge >= 0.3 is 5.97 Å². The molecule has 10 heteroatoms. The molecule has 2 bridgehead atoms. The zero-order valence-corrected chi connectivity index (χ0v) is 25.1. The van der Waals surface area contributed by atoms with Crippen molar-refractivity contribution in [3.8, 4) is 5.75 Å². The van der Waals surface area contributed by atoms with Gasteiger partial charge in [0.25, 0.3) is 0 Å². The Morgan fingerprint density at radius 1 is 1.17 bits per heavy atom. The van der Waals surface area contributed by atoms with Gasteiger partial charge in [-0.1, -0.05) is 29.8 Å². The SMILES string of the molecule is COC(=O)[C@@]1(O)CC(=O)N(C)CC/C=C/[C@H](O)[C@@H]2CC[C@H]2CN2CCCCc3cc(Cl)ccc3COc3ccc1nc32. The van der Waals surface area contributed by atoms with Crippen molar-refractivity contribution in [2.75, 3.05) is 38.7 Å². The number of hydrogen-bond donors (Lipinski definition) is 2. The van der Waals surface area contributed by atoms with Crippen molar-refractivity contribution in [1.82, 2.24) is 9.88 Å². The fourth-order valence-corrected chi connectivity index (χ4v) is 6.34. The van der Waals surface area contributed by atoms with Crippen LogP contribution in [0.4, 0.5) is 5.82 Å². The minimum atomic E-state index is -2.28. The number of rotatable bonds is 1. The van der Waals surface area contributed by atoms with Gasteiger partial charge < -0.3 is 29.5 Å². The van der Waals surface area contributed by atoms with Crippen LogP contribution in [0.5, 0.6) is 5.75 Å². The number of carbonyl (C=O) groups excluding carboxylic acids is 2. The van der Waals surface area contributed by atoms with Crippen LogP contribution in [0.2, 0.25) is 5.02 Å². The van der Waals surface area contributed by atoms with E-state index in [0.29, 0.717) is 49.3 Å². The Hall–Kier alpha value is -3.14. The van der Waals surface area contributed by atoms with Crippen LogP contribution < -0.4 is 9.64 Å². The van der Waals surface area contributed by atoms with E-state index in [1.807, 2.05) is 30.4 Å². The molecule has 2 aromatic rings. The molecule has 2 N–H and O–H groups in total. The van der Waals surface area contributed by atoms with Crippen LogP contribution in [0.25, 0.3) is 0 Å². The minimum Gasteiger partial charge on any atom is -0.485 e. The number of anilines is 1. The summed E-state index contributed by atoms with van der Waals surface area (Å²) in [5, 5.41) is 23.4. The molecule has 1 aromatic heterocycles. The van der Waals surface area contributed by atoms with Crippen LogP contribution in [0, 0.1) is 11.8 Å². The topological polar surface area (TPSA) is 112 Å². The van der Waals surface area contributed by atoms with Crippen molar-refractivity contribution < 1.29 is 29.3 Å². The molecule has 0 unspecified atom stereocenters. The highest BCUT2D eigenvalue weighted by Gasteiger charge is 2.45. The Labute approximate surface area is 252 Å². The number of aliphatic hydroxyl groups is 2. The van der Waals surface area contributed by atoms with E-state index in [-0.39, 0.29) is 17.5 Å². The number of aromatic nitrogens is 1. The third-order valence-electron chi connectivity index (χ3n) is 8.93. The van der Waals surface area contributed by atoms with Crippen LogP contribution in [0.15, 0.2) is 42.5 Å². The molecule has 42 heavy (non-hydrogen) atoms. The first-order valence-electron chi connectivity index (χ1n) is 14.8. The average Bonchev–Trinajstić information content (AvgIpc) is 2.99. The number of pyridine rings is 1. The van der Waals surface area contributed by atoms with E-state index in [1.54, 1.807) is 13.1 Å². The molecule has 1 aromatic carbocycles. The maximum Gasteiger partial charge on any atom is 0.344 e. The molecule has 1 saturated carbocycles. The Kier molecular flexibility index (Phi) is 9.40. The number of halogens is 1. The van der Waals surface area contributed by atoms with Crippen LogP contribution in [0.1, 0.15) is 55.3 Å². The molecule has 1 fully saturated rings. The summed E-state index contributed by atoms with van der Waals surface area (Å²) in [6, 6.07) is 9.06. The molecule has 1 amide bonds. The Bertz CT molecular complexity index is 1340. The molecule has 1 aliphatic carbocycles. The van der Waals surface area contributed by atoms with E-state index in [0.717, 1.165) is 43.2 Å². The summed E-state index contributed by atoms with van der Waals surface area (Å²) in [7, 11) is 2.81. The monoisotopic (exact) mass is 597 g/mol. The van der Waals surface area contributed by atoms with Crippen LogP contribution in [-0.4, -0.2) is 71.9 Å². The standard InChI is InChI=1S/C32H40ClN3O6/c1-35-15-5-4-8-26(37)25-12-10-22(25)19-36-16-6-3-7-21-17-24(33)11-9-23(21)20-42-27-13-14-28(34-30(27)36)32(40,18-29(35)38)31(39)41-2/h4,8-9,11,13-14,17,22,25-26,37,40H,3,5-7,10,12,15-16,18-20H2,1-2H3/b8-4+/t22-,25+,26-,32+/m0/s1. The van der Waals surface area contributed by atoms with Crippen molar-refractivity contribution >= 4 is 29.3 Å². The van der Waals surface area contributed by atoms with E-state index in [9.17, 15) is 19.8 Å². The lowest BCUT2D eigenvalue weighted by Gasteiger charge is -2.42. The summed E-state index contributed by atoms with van der Waals surface area (Å²) in [5.74, 6) is -0.0247. The number of hydrogen-bond acceptors (Lipinski definition) is 8. The highest BCUT2D eigenvalue weighted by Crippen LogP contribution is 2.41. The van der Waals surface area contributed by atoms with Gasteiger partial charge in [-0.25, -0.2) is 9.78 Å². The van der Waals surface area contributed by atoms with Gasteiger partial charge in [-0.3, -0.25) is 4.79 Å². The molecule has 0 saturated heterocycles. The first kappa shape index (κ1) is 30.3. The fraction of sp³-hybridized carbons (Fsp3) is 0.531. The summed E-state index contributed by atoms with van der Waals surface area (Å²) in [5.41, 5.74) is -0.0729. The van der Waals surface area contributed by atoms with Crippen LogP contribution >= 0.6 is 11.6 Å². The molecule has 3 heterocycles. The summed E-state index contributed by atoms with van der Waals surface area (Å²) < 4.78 is 11.3. The third kappa shape index (κ3) is 6.43. The van der Waals surface area contributed by atoms with Crippen molar-refractivity contribution in [2.24, 2.45) is 11.8 Å². The second kappa shape index (κ2) is 13.0. The lowest BCUT2D eigenvalue weighted by atomic mass is 9.70. The Morgan fingerprint density at radius 2 is 2.00 bits per heavy atom. The van der Waals surface area contributed by atoms with E-state index >= 15 is 0 Å². The van der Waals surface area contributed by atoms with Gasteiger partial charge in [0, 0.05) is 31.7 Å². The van der Waals surface area contributed by atoms with Crippen molar-refractivity contribution in [3.63, 3.8) is 0 Å². The maximum atomic E-state index is 13.2. The average molecular weight is 598 g/mol. The number of carbonyl (C=O) groups is 2. The molecular formula is C32H40ClN3O6. The predicted octanol–water partition coefficient (Wildman–Crippen LogP) is 4.01. The number of ether oxygens (including phenoxy) is 2. The van der Waals surface area contributed by atoms with Gasteiger partial charge in [-0.05, 0) is 85.8 Å². The highest BCUT2D eigenvalue weighted by molar-refractivity contribution is 6.30. The second-order valence-corrected chi connectivity index (χ2v) is 12.1. The van der Waals surface area contributed by atoms with E-state index in [2.05, 4.69) is 4.90 Å². The molecule has 0 spiro atoms. The number of esters is 1. The zero-order valence-electron chi connectivity index (χ0n) is 24.3. The third-order valence-corrected chi connectivity index (χ3v) is 9.16. The summed E-state index contributed by atoms with van der Waals surface area (Å²) in [6.07, 6.45) is 7.73. The van der Waals surface area contributed by atoms with Gasteiger partial charge in [-0.15, -0.1) is 0 Å². The smallest absolute Gasteiger partial charge is 0.344 e. The largest absolute Gasteiger partial charge is 0.485 e. The van der Waals surface area contributed by atoms with Gasteiger partial charge in [-0.2, -0.15) is 0 Å². The van der Waals surface area contributed by atoms with Crippen molar-refractivity contribution in [3.05, 3.63) is 64.3 Å². The normalized spacial score (nSPS) is 27.8. The fourth-order valence-electron chi connectivity index (χ4n) is 6.15. The number of aliphatic hydroxyl groups excluding tert-OH is 1. The first-order valence-corrected chi connectivity index (χ1v) is 15.1. The lowest BCUT2D eigenvalue weighted by Crippen LogP contribution is -2.45. The molecule has 4 atom stereocenters. The number of methoxy groups -OCH3 is 1. The highest BCUT2D eigenvalue weighted by atomic mass is 35.5. The molecular weight excluding hydrogens is 558 g/mol. The van der Waals surface area contributed by atoms with E-state index in [1.165, 1.54) is 18.1 Å². The minimum absolute atomic E-state index is 0.0303. The zero-order chi connectivity index (χ0) is 29.9. The summed E-state index contributed by atoms with van der Waals surface area (Å²) in [4.78, 5) is 34.7.